The summed E-state index contributed by atoms with van der Waals surface area (Å²) < 4.78 is 16.4. The third kappa shape index (κ3) is 15.1. The topological polar surface area (TPSA) is 89.1 Å². The number of para-hydroxylation sites is 1. The molecule has 50 heavy (non-hydrogen) atoms. The number of urea groups is 1. The van der Waals surface area contributed by atoms with Crippen LogP contribution >= 0.6 is 0 Å². The lowest BCUT2D eigenvalue weighted by molar-refractivity contribution is -0.116. The molecule has 0 radical (unpaired) electrons. The predicted octanol–water partition coefficient (Wildman–Crippen LogP) is 11.5. The number of ether oxygens (including phenoxy) is 3. The van der Waals surface area contributed by atoms with Crippen LogP contribution in [-0.4, -0.2) is 51.3 Å². The first-order valence-electron chi connectivity index (χ1n) is 19.1. The molecule has 3 amide bonds. The number of carbonyl (C=O) groups is 2. The molecule has 0 bridgehead atoms. The highest BCUT2D eigenvalue weighted by Crippen LogP contribution is 2.39. The highest BCUT2D eigenvalue weighted by molar-refractivity contribution is 5.99. The maximum absolute atomic E-state index is 13.9. The quantitative estimate of drug-likeness (QED) is 0.0798. The van der Waals surface area contributed by atoms with Crippen LogP contribution in [-0.2, 0) is 4.79 Å². The van der Waals surface area contributed by atoms with Crippen molar-refractivity contribution in [2.45, 2.75) is 136 Å². The molecule has 8 nitrogen and oxygen atoms in total. The average molecular weight is 694 g/mol. The number of carbonyl (C=O) groups excluding carboxylic acids is 2. The van der Waals surface area contributed by atoms with Gasteiger partial charge in [0.25, 0.3) is 0 Å². The van der Waals surface area contributed by atoms with Crippen molar-refractivity contribution in [1.82, 2.24) is 4.90 Å². The lowest BCUT2D eigenvalue weighted by Gasteiger charge is -2.26. The Labute approximate surface area is 303 Å². The van der Waals surface area contributed by atoms with Gasteiger partial charge >= 0.3 is 6.03 Å². The summed E-state index contributed by atoms with van der Waals surface area (Å²) in [5.41, 5.74) is 3.40. The number of methoxy groups -OCH3 is 3. The number of amides is 3. The number of anilines is 2. The second-order valence-corrected chi connectivity index (χ2v) is 13.9. The molecular weight excluding hydrogens is 626 g/mol. The SMILES string of the molecule is CCCCCCCCC=CCCCCCCCCN(CC(=O)Nc1c(OC)cc(OC)cc1OC)C(=O)Nc1c(C(C)C)cccc1C(C)C. The van der Waals surface area contributed by atoms with Crippen LogP contribution in [0.3, 0.4) is 0 Å². The molecule has 0 unspecified atom stereocenters. The summed E-state index contributed by atoms with van der Waals surface area (Å²) in [4.78, 5) is 29.1. The molecule has 0 aromatic heterocycles. The molecule has 2 aromatic carbocycles. The van der Waals surface area contributed by atoms with E-state index in [0.29, 0.717) is 29.5 Å². The van der Waals surface area contributed by atoms with Crippen LogP contribution < -0.4 is 24.8 Å². The minimum Gasteiger partial charge on any atom is -0.496 e. The number of hydrogen-bond acceptors (Lipinski definition) is 5. The monoisotopic (exact) mass is 694 g/mol. The van der Waals surface area contributed by atoms with Gasteiger partial charge in [-0.05, 0) is 55.1 Å². The molecule has 2 rings (SSSR count). The van der Waals surface area contributed by atoms with Gasteiger partial charge < -0.3 is 29.7 Å². The van der Waals surface area contributed by atoms with Crippen molar-refractivity contribution in [3.05, 3.63) is 53.6 Å². The molecule has 280 valence electrons. The van der Waals surface area contributed by atoms with Crippen LogP contribution in [0.15, 0.2) is 42.5 Å². The van der Waals surface area contributed by atoms with Gasteiger partial charge in [0, 0.05) is 24.4 Å². The summed E-state index contributed by atoms with van der Waals surface area (Å²) >= 11 is 0. The zero-order valence-electron chi connectivity index (χ0n) is 32.5. The predicted molar refractivity (Wildman–Crippen MR) is 209 cm³/mol. The maximum atomic E-state index is 13.9. The summed E-state index contributed by atoms with van der Waals surface area (Å²) in [7, 11) is 4.60. The number of rotatable bonds is 25. The highest BCUT2D eigenvalue weighted by atomic mass is 16.5. The van der Waals surface area contributed by atoms with E-state index in [1.807, 2.05) is 6.07 Å². The fourth-order valence-corrected chi connectivity index (χ4v) is 6.17. The molecule has 0 saturated heterocycles. The van der Waals surface area contributed by atoms with Crippen LogP contribution in [0.4, 0.5) is 16.2 Å². The summed E-state index contributed by atoms with van der Waals surface area (Å²) in [5, 5.41) is 6.14. The van der Waals surface area contributed by atoms with Crippen LogP contribution in [0, 0.1) is 0 Å². The first kappa shape index (κ1) is 42.5. The van der Waals surface area contributed by atoms with E-state index in [1.54, 1.807) is 24.1 Å². The van der Waals surface area contributed by atoms with Gasteiger partial charge in [-0.1, -0.05) is 123 Å². The van der Waals surface area contributed by atoms with Crippen molar-refractivity contribution in [3.63, 3.8) is 0 Å². The Morgan fingerprint density at radius 1 is 0.680 bits per heavy atom. The summed E-state index contributed by atoms with van der Waals surface area (Å²) in [6.45, 7) is 11.1. The third-order valence-electron chi connectivity index (χ3n) is 9.15. The smallest absolute Gasteiger partial charge is 0.322 e. The van der Waals surface area contributed by atoms with Gasteiger partial charge in [-0.2, -0.15) is 0 Å². The van der Waals surface area contributed by atoms with Crippen LogP contribution in [0.5, 0.6) is 17.2 Å². The van der Waals surface area contributed by atoms with Crippen molar-refractivity contribution >= 4 is 23.3 Å². The first-order valence-corrected chi connectivity index (χ1v) is 19.1. The fraction of sp³-hybridized carbons (Fsp3) is 0.619. The summed E-state index contributed by atoms with van der Waals surface area (Å²) in [5.74, 6) is 1.48. The molecule has 2 N–H and O–H groups in total. The number of nitrogens with one attached hydrogen (secondary N) is 2. The molecule has 0 aliphatic carbocycles. The van der Waals surface area contributed by atoms with E-state index in [2.05, 4.69) is 69.5 Å². The molecule has 0 saturated carbocycles. The van der Waals surface area contributed by atoms with Gasteiger partial charge in [-0.3, -0.25) is 4.79 Å². The molecule has 2 aromatic rings. The Hall–Kier alpha value is -3.68. The van der Waals surface area contributed by atoms with Crippen molar-refractivity contribution < 1.29 is 23.8 Å². The van der Waals surface area contributed by atoms with Gasteiger partial charge in [0.1, 0.15) is 29.5 Å². The van der Waals surface area contributed by atoms with Crippen molar-refractivity contribution in [2.24, 2.45) is 0 Å². The maximum Gasteiger partial charge on any atom is 0.322 e. The largest absolute Gasteiger partial charge is 0.496 e. The number of allylic oxidation sites excluding steroid dienone is 2. The standard InChI is InChI=1S/C42H67N3O5/c1-9-10-11-12-13-14-15-16-17-18-19-20-21-22-23-24-28-45(42(47)44-40-35(32(2)3)26-25-27-36(40)33(4)5)31-39(46)43-41-37(49-7)29-34(48-6)30-38(41)50-8/h16-17,25-27,29-30,32-33H,9-15,18-24,28,31H2,1-8H3,(H,43,46)(H,44,47). The zero-order valence-corrected chi connectivity index (χ0v) is 32.5. The van der Waals surface area contributed by atoms with E-state index in [1.165, 1.54) is 78.4 Å². The average Bonchev–Trinajstić information content (AvgIpc) is 3.10. The second kappa shape index (κ2) is 24.5. The zero-order chi connectivity index (χ0) is 36.7. The molecule has 0 atom stereocenters. The summed E-state index contributed by atoms with van der Waals surface area (Å²) in [6, 6.07) is 9.27. The fourth-order valence-electron chi connectivity index (χ4n) is 6.17. The number of hydrogen-bond donors (Lipinski definition) is 2. The molecule has 0 aliphatic rings. The minimum absolute atomic E-state index is 0.115. The normalized spacial score (nSPS) is 11.3. The molecule has 0 aliphatic heterocycles. The van der Waals surface area contributed by atoms with Crippen molar-refractivity contribution in [2.75, 3.05) is 45.1 Å². The van der Waals surface area contributed by atoms with Gasteiger partial charge in [-0.25, -0.2) is 4.79 Å². The Balaban J connectivity index is 2.01. The number of benzene rings is 2. The molecular formula is C42H67N3O5. The number of nitrogens with zero attached hydrogens (tertiary/aromatic N) is 1. The van der Waals surface area contributed by atoms with E-state index < -0.39 is 0 Å². The molecule has 0 spiro atoms. The Morgan fingerprint density at radius 3 is 1.66 bits per heavy atom. The number of unbranched alkanes of at least 4 members (excludes halogenated alkanes) is 12. The summed E-state index contributed by atoms with van der Waals surface area (Å²) in [6.07, 6.45) is 21.7. The van der Waals surface area contributed by atoms with E-state index in [9.17, 15) is 9.59 Å². The minimum atomic E-state index is -0.340. The Kier molecular flexibility index (Phi) is 20.8. The van der Waals surface area contributed by atoms with Gasteiger partial charge in [0.15, 0.2) is 0 Å². The van der Waals surface area contributed by atoms with E-state index in [0.717, 1.165) is 42.5 Å². The van der Waals surface area contributed by atoms with E-state index >= 15 is 0 Å². The molecule has 0 fully saturated rings. The van der Waals surface area contributed by atoms with Gasteiger partial charge in [0.05, 0.1) is 21.3 Å². The second-order valence-electron chi connectivity index (χ2n) is 13.9. The third-order valence-corrected chi connectivity index (χ3v) is 9.15. The van der Waals surface area contributed by atoms with Crippen LogP contribution in [0.25, 0.3) is 0 Å². The highest BCUT2D eigenvalue weighted by Gasteiger charge is 2.23. The van der Waals surface area contributed by atoms with E-state index in [4.69, 9.17) is 14.2 Å². The van der Waals surface area contributed by atoms with Crippen molar-refractivity contribution in [3.8, 4) is 17.2 Å². The Morgan fingerprint density at radius 2 is 1.18 bits per heavy atom. The van der Waals surface area contributed by atoms with Crippen molar-refractivity contribution in [1.29, 1.82) is 0 Å². The van der Waals surface area contributed by atoms with Crippen LogP contribution in [0.2, 0.25) is 0 Å². The lowest BCUT2D eigenvalue weighted by Crippen LogP contribution is -2.41. The first-order chi connectivity index (χ1) is 24.2. The Bertz CT molecular complexity index is 1260. The van der Waals surface area contributed by atoms with Gasteiger partial charge in [-0.15, -0.1) is 0 Å². The lowest BCUT2D eigenvalue weighted by atomic mass is 9.93. The van der Waals surface area contributed by atoms with Crippen LogP contribution in [0.1, 0.15) is 147 Å². The molecule has 0 heterocycles. The van der Waals surface area contributed by atoms with Gasteiger partial charge in [0.2, 0.25) is 5.91 Å². The van der Waals surface area contributed by atoms with E-state index in [-0.39, 0.29) is 30.3 Å². The molecule has 8 heteroatoms.